The molecule has 0 N–H and O–H groups in total. The molecule has 0 saturated carbocycles. The van der Waals surface area contributed by atoms with E-state index >= 15 is 0 Å². The maximum atomic E-state index is 2.40. The van der Waals surface area contributed by atoms with E-state index in [2.05, 4.69) is 219 Å². The van der Waals surface area contributed by atoms with Crippen molar-refractivity contribution in [3.05, 3.63) is 139 Å². The minimum atomic E-state index is 0.241. The highest BCUT2D eigenvalue weighted by Crippen LogP contribution is 2.33. The Labute approximate surface area is 330 Å². The van der Waals surface area contributed by atoms with Crippen molar-refractivity contribution in [2.45, 2.75) is 193 Å². The Bertz CT molecular complexity index is 1610. The Morgan fingerprint density at radius 3 is 0.981 bits per heavy atom. The Kier molecular flexibility index (Phi) is 18.6. The molecule has 0 nitrogen and oxygen atoms in total. The molecule has 0 amide bonds. The Balaban J connectivity index is 0.000000361. The van der Waals surface area contributed by atoms with E-state index in [9.17, 15) is 0 Å². The van der Waals surface area contributed by atoms with Crippen molar-refractivity contribution in [1.29, 1.82) is 0 Å². The van der Waals surface area contributed by atoms with Gasteiger partial charge in [-0.05, 0) is 138 Å². The molecule has 0 saturated heterocycles. The van der Waals surface area contributed by atoms with Gasteiger partial charge in [0, 0.05) is 0 Å². The number of rotatable bonds is 5. The van der Waals surface area contributed by atoms with Gasteiger partial charge in [0.05, 0.1) is 0 Å². The molecule has 53 heavy (non-hydrogen) atoms. The quantitative estimate of drug-likeness (QED) is 0.193. The molecule has 4 rings (SSSR count). The second-order valence-electron chi connectivity index (χ2n) is 19.4. The highest BCUT2D eigenvalue weighted by atomic mass is 14.3. The van der Waals surface area contributed by atoms with E-state index in [1.165, 1.54) is 72.3 Å². The predicted octanol–water partition coefficient (Wildman–Crippen LogP) is 16.8. The van der Waals surface area contributed by atoms with Gasteiger partial charge in [-0.1, -0.05) is 194 Å². The van der Waals surface area contributed by atoms with Crippen LogP contribution in [-0.2, 0) is 10.8 Å². The van der Waals surface area contributed by atoms with Crippen molar-refractivity contribution in [3.63, 3.8) is 0 Å². The minimum absolute atomic E-state index is 0.241. The molecule has 294 valence electrons. The molecular weight excluding hydrogens is 637 g/mol. The molecular formula is C53H82. The van der Waals surface area contributed by atoms with Gasteiger partial charge in [0.25, 0.3) is 0 Å². The molecule has 0 heterocycles. The molecule has 0 spiro atoms. The zero-order chi connectivity index (χ0) is 41.2. The lowest BCUT2D eigenvalue weighted by Crippen LogP contribution is -2.17. The van der Waals surface area contributed by atoms with E-state index in [0.29, 0.717) is 29.6 Å². The molecule has 0 heteroatoms. The summed E-state index contributed by atoms with van der Waals surface area (Å²) in [6.07, 6.45) is 0. The molecule has 0 aromatic heterocycles. The lowest BCUT2D eigenvalue weighted by Gasteiger charge is -2.26. The van der Waals surface area contributed by atoms with Crippen molar-refractivity contribution in [2.75, 3.05) is 0 Å². The highest BCUT2D eigenvalue weighted by Gasteiger charge is 2.20. The fraction of sp³-hybridized carbons (Fsp3) is 0.547. The summed E-state index contributed by atoms with van der Waals surface area (Å²) in [7, 11) is 0. The fourth-order valence-electron chi connectivity index (χ4n) is 6.96. The van der Waals surface area contributed by atoms with Crippen LogP contribution in [-0.4, -0.2) is 0 Å². The normalized spacial score (nSPS) is 11.7. The first-order chi connectivity index (χ1) is 24.2. The topological polar surface area (TPSA) is 0 Å². The smallest absolute Gasteiger partial charge is 0.0129 e. The summed E-state index contributed by atoms with van der Waals surface area (Å²) in [5.74, 6) is 3.13. The third-order valence-corrected chi connectivity index (χ3v) is 10.4. The van der Waals surface area contributed by atoms with Gasteiger partial charge in [0.15, 0.2) is 0 Å². The van der Waals surface area contributed by atoms with Crippen molar-refractivity contribution >= 4 is 0 Å². The van der Waals surface area contributed by atoms with Crippen LogP contribution < -0.4 is 0 Å². The first-order valence-corrected chi connectivity index (χ1v) is 20.6. The average molecular weight is 719 g/mol. The molecule has 0 aliphatic carbocycles. The summed E-state index contributed by atoms with van der Waals surface area (Å²) in [5.41, 5.74) is 19.4. The molecule has 0 atom stereocenters. The maximum Gasteiger partial charge on any atom is -0.0129 e. The summed E-state index contributed by atoms with van der Waals surface area (Å²) in [4.78, 5) is 0. The van der Waals surface area contributed by atoms with Gasteiger partial charge in [0.2, 0.25) is 0 Å². The minimum Gasteiger partial charge on any atom is -0.0591 e. The van der Waals surface area contributed by atoms with Crippen LogP contribution in [0.2, 0.25) is 0 Å². The van der Waals surface area contributed by atoms with Gasteiger partial charge < -0.3 is 0 Å². The average Bonchev–Trinajstić information content (AvgIpc) is 3.03. The largest absolute Gasteiger partial charge is 0.0591 e. The monoisotopic (exact) mass is 719 g/mol. The number of hydrogen-bond donors (Lipinski definition) is 0. The number of benzene rings is 4. The SMILES string of the molecule is Cc1c(C(C)C)cc(C(C)C)cc1C(C)C.Cc1cc(C(C)C)c(C)c(C(C)C)c1.Cc1ccc(C(C)(C)C)cc1C(C)(C)C.Cc1ccc(C)cc1. The van der Waals surface area contributed by atoms with Gasteiger partial charge in [0.1, 0.15) is 0 Å². The molecule has 0 unspecified atom stereocenters. The summed E-state index contributed by atoms with van der Waals surface area (Å²) in [5, 5.41) is 0. The van der Waals surface area contributed by atoms with Crippen LogP contribution in [0.15, 0.2) is 66.7 Å². The van der Waals surface area contributed by atoms with Crippen LogP contribution in [0.4, 0.5) is 0 Å². The Morgan fingerprint density at radius 1 is 0.358 bits per heavy atom. The standard InChI is InChI=1S/C16H26.C15H24.C14H22.C8H10/c1-10(2)14-8-15(11(3)4)13(7)16(9-14)12(5)6;1-11-8-9-12(14(2,3)4)10-13(11)15(5,6)7;1-9(2)13-7-11(5)8-14(10(3)4)12(13)6;1-7-3-5-8(2)6-4-7/h8-12H,1-7H3;8-10H,1-7H3;7-10H,1-6H3;3-6H,1-2H3. The molecule has 0 bridgehead atoms. The van der Waals surface area contributed by atoms with Gasteiger partial charge >= 0.3 is 0 Å². The van der Waals surface area contributed by atoms with E-state index in [0.717, 1.165) is 0 Å². The molecule has 0 fully saturated rings. The molecule has 4 aromatic rings. The van der Waals surface area contributed by atoms with E-state index in [1.807, 2.05) is 0 Å². The summed E-state index contributed by atoms with van der Waals surface area (Å²) in [6, 6.07) is 24.8. The Hall–Kier alpha value is -3.12. The molecule has 0 radical (unpaired) electrons. The second-order valence-corrected chi connectivity index (χ2v) is 19.4. The third-order valence-electron chi connectivity index (χ3n) is 10.4. The van der Waals surface area contributed by atoms with Crippen LogP contribution in [0.5, 0.6) is 0 Å². The maximum absolute atomic E-state index is 2.40. The van der Waals surface area contributed by atoms with Gasteiger partial charge in [-0.3, -0.25) is 0 Å². The zero-order valence-electron chi connectivity index (χ0n) is 38.7. The van der Waals surface area contributed by atoms with Crippen LogP contribution in [0.1, 0.15) is 213 Å². The lowest BCUT2D eigenvalue weighted by atomic mass is 9.79. The van der Waals surface area contributed by atoms with Crippen LogP contribution in [0.25, 0.3) is 0 Å². The van der Waals surface area contributed by atoms with Crippen LogP contribution in [0, 0.1) is 41.5 Å². The number of hydrogen-bond acceptors (Lipinski definition) is 0. The van der Waals surface area contributed by atoms with E-state index < -0.39 is 0 Å². The fourth-order valence-corrected chi connectivity index (χ4v) is 6.96. The lowest BCUT2D eigenvalue weighted by molar-refractivity contribution is 0.566. The van der Waals surface area contributed by atoms with Crippen molar-refractivity contribution in [1.82, 2.24) is 0 Å². The summed E-state index contributed by atoms with van der Waals surface area (Å²) in [6.45, 7) is 49.5. The second kappa shape index (κ2) is 20.5. The van der Waals surface area contributed by atoms with E-state index in [-0.39, 0.29) is 10.8 Å². The summed E-state index contributed by atoms with van der Waals surface area (Å²) >= 11 is 0. The summed E-state index contributed by atoms with van der Waals surface area (Å²) < 4.78 is 0. The van der Waals surface area contributed by atoms with E-state index in [1.54, 1.807) is 0 Å². The van der Waals surface area contributed by atoms with E-state index in [4.69, 9.17) is 0 Å². The zero-order valence-corrected chi connectivity index (χ0v) is 38.7. The van der Waals surface area contributed by atoms with Crippen LogP contribution >= 0.6 is 0 Å². The van der Waals surface area contributed by atoms with Crippen molar-refractivity contribution in [2.24, 2.45) is 0 Å². The molecule has 4 aromatic carbocycles. The van der Waals surface area contributed by atoms with Gasteiger partial charge in [-0.2, -0.15) is 0 Å². The third kappa shape index (κ3) is 15.3. The number of aryl methyl sites for hydroxylation is 4. The van der Waals surface area contributed by atoms with Crippen LogP contribution in [0.3, 0.4) is 0 Å². The Morgan fingerprint density at radius 2 is 0.698 bits per heavy atom. The first kappa shape index (κ1) is 47.9. The predicted molar refractivity (Wildman–Crippen MR) is 242 cm³/mol. The first-order valence-electron chi connectivity index (χ1n) is 20.6. The van der Waals surface area contributed by atoms with Crippen molar-refractivity contribution < 1.29 is 0 Å². The highest BCUT2D eigenvalue weighted by molar-refractivity contribution is 5.43. The van der Waals surface area contributed by atoms with Gasteiger partial charge in [-0.25, -0.2) is 0 Å². The van der Waals surface area contributed by atoms with Gasteiger partial charge in [-0.15, -0.1) is 0 Å². The molecule has 0 aliphatic rings. The van der Waals surface area contributed by atoms with Crippen molar-refractivity contribution in [3.8, 4) is 0 Å². The molecule has 0 aliphatic heterocycles.